The van der Waals surface area contributed by atoms with Crippen molar-refractivity contribution in [3.8, 4) is 11.5 Å². The number of hydrogen-bond donors (Lipinski definition) is 4. The van der Waals surface area contributed by atoms with E-state index in [0.717, 1.165) is 12.1 Å². The average molecular weight is 216 g/mol. The molecule has 1 atom stereocenters. The first-order valence-corrected chi connectivity index (χ1v) is 3.91. The van der Waals surface area contributed by atoms with Crippen molar-refractivity contribution in [2.24, 2.45) is 0 Å². The van der Waals surface area contributed by atoms with Crippen molar-refractivity contribution >= 4 is 5.78 Å². The van der Waals surface area contributed by atoms with Gasteiger partial charge in [-0.25, -0.2) is 0 Å². The third-order valence-electron chi connectivity index (χ3n) is 1.72. The number of aliphatic hydroxyl groups excluding tert-OH is 2. The molecule has 6 N–H and O–H groups in total. The summed E-state index contributed by atoms with van der Waals surface area (Å²) in [4.78, 5) is 11.3. The van der Waals surface area contributed by atoms with Gasteiger partial charge in [0.15, 0.2) is 5.78 Å². The summed E-state index contributed by atoms with van der Waals surface area (Å²) in [6.07, 6.45) is -1.58. The van der Waals surface area contributed by atoms with Gasteiger partial charge in [0.2, 0.25) is 0 Å². The predicted molar refractivity (Wildman–Crippen MR) is 50.8 cm³/mol. The van der Waals surface area contributed by atoms with Gasteiger partial charge < -0.3 is 25.9 Å². The van der Waals surface area contributed by atoms with Crippen molar-refractivity contribution in [1.29, 1.82) is 0 Å². The lowest BCUT2D eigenvalue weighted by atomic mass is 10.1. The number of carbonyl (C=O) groups excluding carboxylic acids is 1. The molecule has 0 saturated heterocycles. The highest BCUT2D eigenvalue weighted by Gasteiger charge is 2.19. The van der Waals surface area contributed by atoms with E-state index in [1.807, 2.05) is 0 Å². The minimum atomic E-state index is -1.58. The Labute approximate surface area is 85.3 Å². The number of phenols is 2. The van der Waals surface area contributed by atoms with Gasteiger partial charge in [-0.1, -0.05) is 0 Å². The number of aliphatic hydroxyl groups is 2. The summed E-state index contributed by atoms with van der Waals surface area (Å²) in [6.45, 7) is -0.728. The van der Waals surface area contributed by atoms with Crippen LogP contribution in [0, 0.1) is 0 Å². The second-order valence-electron chi connectivity index (χ2n) is 2.76. The molecular formula is C9H12O6. The third-order valence-corrected chi connectivity index (χ3v) is 1.72. The van der Waals surface area contributed by atoms with E-state index in [1.165, 1.54) is 6.07 Å². The molecule has 1 aromatic carbocycles. The van der Waals surface area contributed by atoms with E-state index in [9.17, 15) is 9.90 Å². The molecule has 0 spiro atoms. The molecule has 0 amide bonds. The van der Waals surface area contributed by atoms with E-state index in [4.69, 9.17) is 15.3 Å². The second kappa shape index (κ2) is 5.30. The zero-order chi connectivity index (χ0) is 10.7. The molecule has 0 fully saturated rings. The van der Waals surface area contributed by atoms with Crippen molar-refractivity contribution in [2.45, 2.75) is 6.10 Å². The number of aromatic hydroxyl groups is 2. The zero-order valence-electron chi connectivity index (χ0n) is 7.71. The summed E-state index contributed by atoms with van der Waals surface area (Å²) in [5, 5.41) is 35.8. The molecule has 1 rings (SSSR count). The lowest BCUT2D eigenvalue weighted by Gasteiger charge is -2.07. The van der Waals surface area contributed by atoms with Gasteiger partial charge in [-0.15, -0.1) is 0 Å². The molecule has 6 heteroatoms. The summed E-state index contributed by atoms with van der Waals surface area (Å²) in [6, 6.07) is 3.36. The number of Topliss-reactive ketones (excluding diaryl/α,β-unsaturated/α-hetero) is 1. The summed E-state index contributed by atoms with van der Waals surface area (Å²) in [7, 11) is 0. The van der Waals surface area contributed by atoms with Crippen LogP contribution in [0.25, 0.3) is 0 Å². The molecule has 6 nitrogen and oxygen atoms in total. The number of benzene rings is 1. The first-order chi connectivity index (χ1) is 6.56. The molecule has 1 aromatic rings. The molecule has 0 saturated carbocycles. The quantitative estimate of drug-likeness (QED) is 0.373. The van der Waals surface area contributed by atoms with Crippen LogP contribution in [-0.2, 0) is 0 Å². The minimum Gasteiger partial charge on any atom is -0.508 e. The Morgan fingerprint density at radius 3 is 2.47 bits per heavy atom. The first kappa shape index (κ1) is 13.4. The monoisotopic (exact) mass is 216 g/mol. The second-order valence-corrected chi connectivity index (χ2v) is 2.76. The van der Waals surface area contributed by atoms with Gasteiger partial charge in [0.1, 0.15) is 17.6 Å². The predicted octanol–water partition coefficient (Wildman–Crippen LogP) is -1.19. The van der Waals surface area contributed by atoms with Crippen LogP contribution in [-0.4, -0.2) is 44.4 Å². The molecular weight excluding hydrogens is 204 g/mol. The lowest BCUT2D eigenvalue weighted by molar-refractivity contribution is 0.0584. The molecule has 0 aliphatic heterocycles. The van der Waals surface area contributed by atoms with Gasteiger partial charge in [0, 0.05) is 0 Å². The van der Waals surface area contributed by atoms with Gasteiger partial charge in [-0.05, 0) is 18.2 Å². The fourth-order valence-electron chi connectivity index (χ4n) is 0.984. The Bertz CT molecular complexity index is 348. The van der Waals surface area contributed by atoms with Crippen molar-refractivity contribution in [3.05, 3.63) is 23.8 Å². The summed E-state index contributed by atoms with van der Waals surface area (Å²) >= 11 is 0. The van der Waals surface area contributed by atoms with Crippen LogP contribution >= 0.6 is 0 Å². The van der Waals surface area contributed by atoms with Crippen LogP contribution < -0.4 is 0 Å². The van der Waals surface area contributed by atoms with Gasteiger partial charge in [-0.2, -0.15) is 0 Å². The van der Waals surface area contributed by atoms with Crippen LogP contribution in [0.5, 0.6) is 11.5 Å². The largest absolute Gasteiger partial charge is 0.508 e. The lowest BCUT2D eigenvalue weighted by Crippen LogP contribution is -2.24. The smallest absolute Gasteiger partial charge is 0.197 e. The van der Waals surface area contributed by atoms with E-state index in [1.54, 1.807) is 0 Å². The Morgan fingerprint density at radius 2 is 1.93 bits per heavy atom. The first-order valence-electron chi connectivity index (χ1n) is 3.91. The van der Waals surface area contributed by atoms with Gasteiger partial charge in [0.05, 0.1) is 12.2 Å². The number of ketones is 1. The van der Waals surface area contributed by atoms with Crippen molar-refractivity contribution in [3.63, 3.8) is 0 Å². The maximum atomic E-state index is 11.3. The molecule has 0 heterocycles. The fourth-order valence-corrected chi connectivity index (χ4v) is 0.984. The summed E-state index contributed by atoms with van der Waals surface area (Å²) in [5.41, 5.74) is -0.216. The average Bonchev–Trinajstić information content (AvgIpc) is 2.19. The van der Waals surface area contributed by atoms with Gasteiger partial charge >= 0.3 is 0 Å². The minimum absolute atomic E-state index is 0. The Morgan fingerprint density at radius 1 is 1.33 bits per heavy atom. The third kappa shape index (κ3) is 2.91. The zero-order valence-corrected chi connectivity index (χ0v) is 7.71. The molecule has 0 radical (unpaired) electrons. The standard InChI is InChI=1S/C9H10O5.H2O/c10-4-8(13)9(14)6-3-5(11)1-2-7(6)12;/h1-3,8,10-13H,4H2;1H2. The van der Waals surface area contributed by atoms with Crippen LogP contribution in [0.4, 0.5) is 0 Å². The van der Waals surface area contributed by atoms with Crippen LogP contribution in [0.3, 0.4) is 0 Å². The van der Waals surface area contributed by atoms with Gasteiger partial charge in [-0.3, -0.25) is 4.79 Å². The van der Waals surface area contributed by atoms with Crippen molar-refractivity contribution in [2.75, 3.05) is 6.61 Å². The van der Waals surface area contributed by atoms with Crippen LogP contribution in [0.2, 0.25) is 0 Å². The molecule has 0 aromatic heterocycles. The maximum absolute atomic E-state index is 11.3. The number of hydrogen-bond acceptors (Lipinski definition) is 5. The van der Waals surface area contributed by atoms with E-state index < -0.39 is 18.5 Å². The number of carbonyl (C=O) groups is 1. The number of rotatable bonds is 3. The number of phenolic OH excluding ortho intramolecular Hbond substituents is 2. The Balaban J connectivity index is 0.00000196. The highest BCUT2D eigenvalue weighted by atomic mass is 16.3. The highest BCUT2D eigenvalue weighted by molar-refractivity contribution is 6.01. The summed E-state index contributed by atoms with van der Waals surface area (Å²) in [5.74, 6) is -1.38. The molecule has 15 heavy (non-hydrogen) atoms. The topological polar surface area (TPSA) is 129 Å². The van der Waals surface area contributed by atoms with E-state index in [-0.39, 0.29) is 22.5 Å². The van der Waals surface area contributed by atoms with E-state index >= 15 is 0 Å². The van der Waals surface area contributed by atoms with Crippen LogP contribution in [0.15, 0.2) is 18.2 Å². The molecule has 0 aliphatic carbocycles. The summed E-state index contributed by atoms with van der Waals surface area (Å²) < 4.78 is 0. The van der Waals surface area contributed by atoms with Gasteiger partial charge in [0.25, 0.3) is 0 Å². The fraction of sp³-hybridized carbons (Fsp3) is 0.222. The molecule has 84 valence electrons. The van der Waals surface area contributed by atoms with Crippen LogP contribution in [0.1, 0.15) is 10.4 Å². The Kier molecular flexibility index (Phi) is 4.72. The van der Waals surface area contributed by atoms with Crippen molar-refractivity contribution in [1.82, 2.24) is 0 Å². The molecule has 0 bridgehead atoms. The van der Waals surface area contributed by atoms with Crippen molar-refractivity contribution < 1.29 is 30.7 Å². The SMILES string of the molecule is O.O=C(c1cc(O)ccc1O)C(O)CO. The van der Waals surface area contributed by atoms with E-state index in [0.29, 0.717) is 0 Å². The normalized spacial score (nSPS) is 11.6. The van der Waals surface area contributed by atoms with E-state index in [2.05, 4.69) is 0 Å². The maximum Gasteiger partial charge on any atom is 0.197 e. The Hall–Kier alpha value is -1.63. The molecule has 1 unspecified atom stereocenters. The highest BCUT2D eigenvalue weighted by Crippen LogP contribution is 2.23. The molecule has 0 aliphatic rings.